The van der Waals surface area contributed by atoms with Crippen molar-refractivity contribution in [3.8, 4) is 6.07 Å². The first-order chi connectivity index (χ1) is 12.3. The molecular formula is C20H22N4O2. The van der Waals surface area contributed by atoms with Crippen molar-refractivity contribution < 1.29 is 9.59 Å². The quantitative estimate of drug-likeness (QED) is 0.920. The lowest BCUT2D eigenvalue weighted by Gasteiger charge is -2.20. The van der Waals surface area contributed by atoms with Crippen molar-refractivity contribution in [1.82, 2.24) is 9.80 Å². The van der Waals surface area contributed by atoms with Gasteiger partial charge in [-0.1, -0.05) is 18.2 Å². The molecule has 0 aliphatic carbocycles. The highest BCUT2D eigenvalue weighted by Gasteiger charge is 2.14. The van der Waals surface area contributed by atoms with Gasteiger partial charge in [0.2, 0.25) is 0 Å². The topological polar surface area (TPSA) is 76.4 Å². The summed E-state index contributed by atoms with van der Waals surface area (Å²) in [6.45, 7) is 2.24. The minimum absolute atomic E-state index is 0.123. The van der Waals surface area contributed by atoms with Crippen molar-refractivity contribution in [2.75, 3.05) is 26.5 Å². The summed E-state index contributed by atoms with van der Waals surface area (Å²) in [4.78, 5) is 27.6. The highest BCUT2D eigenvalue weighted by atomic mass is 16.2. The molecule has 0 atom stereocenters. The predicted molar refractivity (Wildman–Crippen MR) is 101 cm³/mol. The summed E-state index contributed by atoms with van der Waals surface area (Å²) in [5.74, 6) is -0.123. The van der Waals surface area contributed by atoms with Gasteiger partial charge in [-0.2, -0.15) is 5.26 Å². The summed E-state index contributed by atoms with van der Waals surface area (Å²) in [6.07, 6.45) is 0. The molecule has 6 nitrogen and oxygen atoms in total. The van der Waals surface area contributed by atoms with Gasteiger partial charge in [0.25, 0.3) is 5.91 Å². The van der Waals surface area contributed by atoms with Crippen molar-refractivity contribution >= 4 is 17.6 Å². The lowest BCUT2D eigenvalue weighted by molar-refractivity contribution is 0.0827. The third-order valence-corrected chi connectivity index (χ3v) is 3.95. The van der Waals surface area contributed by atoms with E-state index >= 15 is 0 Å². The van der Waals surface area contributed by atoms with E-state index < -0.39 is 0 Å². The van der Waals surface area contributed by atoms with Crippen LogP contribution in [0, 0.1) is 18.3 Å². The number of carbonyl (C=O) groups excluding carboxylic acids is 2. The summed E-state index contributed by atoms with van der Waals surface area (Å²) >= 11 is 0. The molecule has 0 heterocycles. The van der Waals surface area contributed by atoms with Gasteiger partial charge >= 0.3 is 6.03 Å². The number of amides is 3. The van der Waals surface area contributed by atoms with Crippen molar-refractivity contribution in [3.05, 3.63) is 64.7 Å². The number of anilines is 1. The molecule has 1 N–H and O–H groups in total. The maximum absolute atomic E-state index is 12.5. The third-order valence-electron chi connectivity index (χ3n) is 3.95. The molecule has 0 aliphatic rings. The van der Waals surface area contributed by atoms with E-state index in [9.17, 15) is 9.59 Å². The van der Waals surface area contributed by atoms with Gasteiger partial charge in [-0.05, 0) is 42.3 Å². The molecule has 26 heavy (non-hydrogen) atoms. The maximum Gasteiger partial charge on any atom is 0.321 e. The minimum Gasteiger partial charge on any atom is -0.345 e. The van der Waals surface area contributed by atoms with Crippen LogP contribution in [0.15, 0.2) is 42.5 Å². The van der Waals surface area contributed by atoms with E-state index in [1.165, 1.54) is 9.80 Å². The fourth-order valence-corrected chi connectivity index (χ4v) is 2.44. The lowest BCUT2D eigenvalue weighted by Crippen LogP contribution is -2.31. The lowest BCUT2D eigenvalue weighted by atomic mass is 10.1. The molecule has 0 aliphatic heterocycles. The van der Waals surface area contributed by atoms with Gasteiger partial charge in [0.05, 0.1) is 11.6 Å². The summed E-state index contributed by atoms with van der Waals surface area (Å²) in [5.41, 5.74) is 3.41. The van der Waals surface area contributed by atoms with Crippen LogP contribution >= 0.6 is 0 Å². The molecule has 134 valence electrons. The first kappa shape index (κ1) is 19.0. The predicted octanol–water partition coefficient (Wildman–Crippen LogP) is 3.23. The maximum atomic E-state index is 12.5. The number of nitrogens with one attached hydrogen (secondary N) is 1. The monoisotopic (exact) mass is 350 g/mol. The number of nitriles is 1. The highest BCUT2D eigenvalue weighted by molar-refractivity contribution is 5.97. The summed E-state index contributed by atoms with van der Waals surface area (Å²) in [5, 5.41) is 11.8. The molecule has 2 rings (SSSR count). The molecule has 6 heteroatoms. The molecule has 3 amide bonds. The van der Waals surface area contributed by atoms with Crippen molar-refractivity contribution in [1.29, 1.82) is 5.26 Å². The van der Waals surface area contributed by atoms with Crippen LogP contribution in [0.1, 0.15) is 27.0 Å². The van der Waals surface area contributed by atoms with Crippen LogP contribution in [0.5, 0.6) is 0 Å². The molecule has 0 fully saturated rings. The molecule has 0 radical (unpaired) electrons. The first-order valence-corrected chi connectivity index (χ1v) is 8.15. The Morgan fingerprint density at radius 2 is 1.85 bits per heavy atom. The molecule has 0 saturated carbocycles. The number of hydrogen-bond donors (Lipinski definition) is 1. The zero-order valence-corrected chi connectivity index (χ0v) is 15.4. The Balaban J connectivity index is 2.12. The van der Waals surface area contributed by atoms with Gasteiger partial charge < -0.3 is 15.1 Å². The SMILES string of the molecule is Cc1ccc(C(=O)N(C)C)cc1NC(=O)N(C)Cc1cccc(C#N)c1. The number of rotatable bonds is 4. The van der Waals surface area contributed by atoms with Gasteiger partial charge in [0.1, 0.15) is 0 Å². The Morgan fingerprint density at radius 1 is 1.12 bits per heavy atom. The fourth-order valence-electron chi connectivity index (χ4n) is 2.44. The number of hydrogen-bond acceptors (Lipinski definition) is 3. The second-order valence-electron chi connectivity index (χ2n) is 6.33. The highest BCUT2D eigenvalue weighted by Crippen LogP contribution is 2.18. The summed E-state index contributed by atoms with van der Waals surface area (Å²) < 4.78 is 0. The molecule has 2 aromatic rings. The van der Waals surface area contributed by atoms with Crippen LogP contribution in [0.25, 0.3) is 0 Å². The zero-order valence-electron chi connectivity index (χ0n) is 15.4. The number of urea groups is 1. The van der Waals surface area contributed by atoms with E-state index in [0.29, 0.717) is 23.4 Å². The molecule has 0 spiro atoms. The van der Waals surface area contributed by atoms with E-state index in [0.717, 1.165) is 11.1 Å². The van der Waals surface area contributed by atoms with Gasteiger partial charge in [0.15, 0.2) is 0 Å². The Labute approximate surface area is 153 Å². The molecular weight excluding hydrogens is 328 g/mol. The Hall–Kier alpha value is -3.33. The van der Waals surface area contributed by atoms with Crippen LogP contribution in [0.3, 0.4) is 0 Å². The number of carbonyl (C=O) groups is 2. The number of nitrogens with zero attached hydrogens (tertiary/aromatic N) is 3. The van der Waals surface area contributed by atoms with Crippen LogP contribution in [0.2, 0.25) is 0 Å². The van der Waals surface area contributed by atoms with Crippen molar-refractivity contribution in [3.63, 3.8) is 0 Å². The largest absolute Gasteiger partial charge is 0.345 e. The fraction of sp³-hybridized carbons (Fsp3) is 0.250. The van der Waals surface area contributed by atoms with Crippen molar-refractivity contribution in [2.24, 2.45) is 0 Å². The molecule has 2 aromatic carbocycles. The van der Waals surface area contributed by atoms with Crippen LogP contribution in [0.4, 0.5) is 10.5 Å². The average Bonchev–Trinajstić information content (AvgIpc) is 2.62. The first-order valence-electron chi connectivity index (χ1n) is 8.15. The van der Waals surface area contributed by atoms with Crippen LogP contribution < -0.4 is 5.32 Å². The van der Waals surface area contributed by atoms with Gasteiger partial charge in [-0.15, -0.1) is 0 Å². The molecule has 0 unspecified atom stereocenters. The van der Waals surface area contributed by atoms with E-state index in [4.69, 9.17) is 5.26 Å². The van der Waals surface area contributed by atoms with Gasteiger partial charge in [-0.25, -0.2) is 4.79 Å². The summed E-state index contributed by atoms with van der Waals surface area (Å²) in [6, 6.07) is 14.2. The van der Waals surface area contributed by atoms with E-state index in [1.54, 1.807) is 51.5 Å². The van der Waals surface area contributed by atoms with Crippen LogP contribution in [-0.2, 0) is 6.54 Å². The smallest absolute Gasteiger partial charge is 0.321 e. The number of benzene rings is 2. The normalized spacial score (nSPS) is 9.96. The zero-order chi connectivity index (χ0) is 19.3. The standard InChI is InChI=1S/C20H22N4O2/c1-14-8-9-17(19(25)23(2)3)11-18(14)22-20(26)24(4)13-16-7-5-6-15(10-16)12-21/h5-11H,13H2,1-4H3,(H,22,26). The van der Waals surface area contributed by atoms with E-state index in [1.807, 2.05) is 19.1 Å². The third kappa shape index (κ3) is 4.61. The van der Waals surface area contributed by atoms with E-state index in [2.05, 4.69) is 11.4 Å². The van der Waals surface area contributed by atoms with Gasteiger partial charge in [-0.3, -0.25) is 4.79 Å². The molecule has 0 saturated heterocycles. The second-order valence-corrected chi connectivity index (χ2v) is 6.33. The average molecular weight is 350 g/mol. The Morgan fingerprint density at radius 3 is 2.50 bits per heavy atom. The van der Waals surface area contributed by atoms with Gasteiger partial charge in [0, 0.05) is 38.9 Å². The van der Waals surface area contributed by atoms with Crippen LogP contribution in [-0.4, -0.2) is 42.9 Å². The Kier molecular flexibility index (Phi) is 5.97. The molecule has 0 bridgehead atoms. The molecule has 0 aromatic heterocycles. The second kappa shape index (κ2) is 8.17. The number of aryl methyl sites for hydroxylation is 1. The Bertz CT molecular complexity index is 868. The van der Waals surface area contributed by atoms with Crippen molar-refractivity contribution in [2.45, 2.75) is 13.5 Å². The van der Waals surface area contributed by atoms with E-state index in [-0.39, 0.29) is 11.9 Å². The summed E-state index contributed by atoms with van der Waals surface area (Å²) in [7, 11) is 5.05. The minimum atomic E-state index is -0.287.